The van der Waals surface area contributed by atoms with Crippen LogP contribution < -0.4 is 5.32 Å². The van der Waals surface area contributed by atoms with Gasteiger partial charge in [0.05, 0.1) is 12.9 Å². The molecule has 0 aliphatic heterocycles. The standard InChI is InChI=1S/C17H25N3O2S/c1-12-8-15(23-13(12)2)10-20-11-18-9-14(20)6-7-19-16(21)22-17(3,4)5/h8-9,11H,6-7,10H2,1-5H3,(H,19,21). The number of imidazole rings is 1. The van der Waals surface area contributed by atoms with Crippen LogP contribution in [0.2, 0.25) is 0 Å². The molecule has 0 bridgehead atoms. The number of aryl methyl sites for hydroxylation is 2. The van der Waals surface area contributed by atoms with E-state index in [1.54, 1.807) is 0 Å². The zero-order valence-electron chi connectivity index (χ0n) is 14.5. The topological polar surface area (TPSA) is 56.2 Å². The van der Waals surface area contributed by atoms with Crippen molar-refractivity contribution in [2.45, 2.75) is 53.2 Å². The molecule has 6 heteroatoms. The van der Waals surface area contributed by atoms with Crippen LogP contribution in [0.1, 0.15) is 41.8 Å². The van der Waals surface area contributed by atoms with Crippen LogP contribution in [0.15, 0.2) is 18.6 Å². The van der Waals surface area contributed by atoms with Crippen LogP contribution in [0.5, 0.6) is 0 Å². The molecule has 1 amide bonds. The van der Waals surface area contributed by atoms with Gasteiger partial charge in [-0.2, -0.15) is 0 Å². The second kappa shape index (κ2) is 7.17. The number of nitrogens with zero attached hydrogens (tertiary/aromatic N) is 2. The van der Waals surface area contributed by atoms with Gasteiger partial charge < -0.3 is 14.6 Å². The van der Waals surface area contributed by atoms with E-state index in [0.29, 0.717) is 6.54 Å². The Balaban J connectivity index is 1.87. The monoisotopic (exact) mass is 335 g/mol. The fourth-order valence-corrected chi connectivity index (χ4v) is 3.25. The maximum atomic E-state index is 11.6. The third-order valence-electron chi connectivity index (χ3n) is 3.39. The number of nitrogens with one attached hydrogen (secondary N) is 1. The van der Waals surface area contributed by atoms with E-state index in [0.717, 1.165) is 18.7 Å². The third kappa shape index (κ3) is 5.39. The molecule has 2 aromatic rings. The first-order valence-electron chi connectivity index (χ1n) is 7.76. The predicted molar refractivity (Wildman–Crippen MR) is 93.1 cm³/mol. The second-order valence-electron chi connectivity index (χ2n) is 6.64. The van der Waals surface area contributed by atoms with Crippen LogP contribution in [0.4, 0.5) is 4.79 Å². The molecule has 0 aliphatic carbocycles. The van der Waals surface area contributed by atoms with Gasteiger partial charge in [-0.25, -0.2) is 9.78 Å². The molecule has 2 heterocycles. The van der Waals surface area contributed by atoms with Gasteiger partial charge in [0.15, 0.2) is 0 Å². The molecule has 0 unspecified atom stereocenters. The molecule has 0 aliphatic rings. The maximum Gasteiger partial charge on any atom is 0.407 e. The zero-order chi connectivity index (χ0) is 17.0. The van der Waals surface area contributed by atoms with Crippen molar-refractivity contribution in [3.05, 3.63) is 39.6 Å². The van der Waals surface area contributed by atoms with E-state index in [2.05, 4.69) is 34.8 Å². The quantitative estimate of drug-likeness (QED) is 0.907. The Kier molecular flexibility index (Phi) is 5.46. The first kappa shape index (κ1) is 17.5. The van der Waals surface area contributed by atoms with Crippen molar-refractivity contribution in [1.82, 2.24) is 14.9 Å². The van der Waals surface area contributed by atoms with E-state index in [1.807, 2.05) is 44.6 Å². The number of alkyl carbamates (subject to hydrolysis) is 1. The molecule has 0 saturated carbocycles. The molecule has 1 N–H and O–H groups in total. The van der Waals surface area contributed by atoms with Gasteiger partial charge >= 0.3 is 6.09 Å². The summed E-state index contributed by atoms with van der Waals surface area (Å²) in [7, 11) is 0. The zero-order valence-corrected chi connectivity index (χ0v) is 15.3. The highest BCUT2D eigenvalue weighted by Crippen LogP contribution is 2.22. The number of aromatic nitrogens is 2. The number of ether oxygens (including phenoxy) is 1. The molecule has 2 aromatic heterocycles. The average Bonchev–Trinajstić information content (AvgIpc) is 2.96. The Bertz CT molecular complexity index is 648. The van der Waals surface area contributed by atoms with Crippen LogP contribution >= 0.6 is 11.3 Å². The number of carbonyl (C=O) groups excluding carboxylic acids is 1. The Morgan fingerprint density at radius 2 is 2.13 bits per heavy atom. The van der Waals surface area contributed by atoms with Crippen LogP contribution in [0, 0.1) is 13.8 Å². The molecule has 0 spiro atoms. The smallest absolute Gasteiger partial charge is 0.407 e. The molecule has 0 aromatic carbocycles. The van der Waals surface area contributed by atoms with E-state index < -0.39 is 5.60 Å². The molecule has 5 nitrogen and oxygen atoms in total. The highest BCUT2D eigenvalue weighted by Gasteiger charge is 2.15. The Labute approximate surface area is 141 Å². The lowest BCUT2D eigenvalue weighted by molar-refractivity contribution is 0.0528. The summed E-state index contributed by atoms with van der Waals surface area (Å²) >= 11 is 1.82. The van der Waals surface area contributed by atoms with Gasteiger partial charge in [0.2, 0.25) is 0 Å². The number of thiophene rings is 1. The Morgan fingerprint density at radius 1 is 1.39 bits per heavy atom. The lowest BCUT2D eigenvalue weighted by atomic mass is 10.2. The van der Waals surface area contributed by atoms with Crippen molar-refractivity contribution in [3.63, 3.8) is 0 Å². The Hall–Kier alpha value is -1.82. The first-order chi connectivity index (χ1) is 10.7. The van der Waals surface area contributed by atoms with Crippen molar-refractivity contribution < 1.29 is 9.53 Å². The van der Waals surface area contributed by atoms with E-state index in [1.165, 1.54) is 15.3 Å². The molecular weight excluding hydrogens is 310 g/mol. The summed E-state index contributed by atoms with van der Waals surface area (Å²) in [6, 6.07) is 2.22. The number of rotatable bonds is 5. The summed E-state index contributed by atoms with van der Waals surface area (Å²) in [6.07, 6.45) is 4.04. The van der Waals surface area contributed by atoms with Crippen molar-refractivity contribution in [2.24, 2.45) is 0 Å². The minimum Gasteiger partial charge on any atom is -0.444 e. The number of carbonyl (C=O) groups is 1. The molecule has 0 fully saturated rings. The highest BCUT2D eigenvalue weighted by molar-refractivity contribution is 7.12. The lowest BCUT2D eigenvalue weighted by Crippen LogP contribution is -2.33. The van der Waals surface area contributed by atoms with Gasteiger partial charge in [-0.3, -0.25) is 0 Å². The average molecular weight is 335 g/mol. The SMILES string of the molecule is Cc1cc(Cn2cncc2CCNC(=O)OC(C)(C)C)sc1C. The van der Waals surface area contributed by atoms with Crippen molar-refractivity contribution >= 4 is 17.4 Å². The van der Waals surface area contributed by atoms with Crippen LogP contribution in [0.3, 0.4) is 0 Å². The summed E-state index contributed by atoms with van der Waals surface area (Å²) in [5, 5.41) is 2.78. The van der Waals surface area contributed by atoms with Crippen LogP contribution in [-0.4, -0.2) is 27.8 Å². The molecule has 0 saturated heterocycles. The van der Waals surface area contributed by atoms with Gasteiger partial charge in [0, 0.05) is 34.6 Å². The van der Waals surface area contributed by atoms with E-state index >= 15 is 0 Å². The Morgan fingerprint density at radius 3 is 2.74 bits per heavy atom. The number of hydrogen-bond acceptors (Lipinski definition) is 4. The normalized spacial score (nSPS) is 11.5. The summed E-state index contributed by atoms with van der Waals surface area (Å²) in [4.78, 5) is 18.6. The van der Waals surface area contributed by atoms with E-state index in [9.17, 15) is 4.79 Å². The number of amides is 1. The van der Waals surface area contributed by atoms with E-state index in [4.69, 9.17) is 4.74 Å². The summed E-state index contributed by atoms with van der Waals surface area (Å²) < 4.78 is 7.35. The second-order valence-corrected chi connectivity index (χ2v) is 7.98. The molecule has 126 valence electrons. The predicted octanol–water partition coefficient (Wildman–Crippen LogP) is 3.68. The maximum absolute atomic E-state index is 11.6. The minimum absolute atomic E-state index is 0.381. The van der Waals surface area contributed by atoms with Gasteiger partial charge in [0.1, 0.15) is 5.60 Å². The highest BCUT2D eigenvalue weighted by atomic mass is 32.1. The largest absolute Gasteiger partial charge is 0.444 e. The van der Waals surface area contributed by atoms with Gasteiger partial charge in [-0.1, -0.05) is 0 Å². The number of hydrogen-bond donors (Lipinski definition) is 1. The van der Waals surface area contributed by atoms with Crippen LogP contribution in [0.25, 0.3) is 0 Å². The van der Waals surface area contributed by atoms with Gasteiger partial charge in [-0.15, -0.1) is 11.3 Å². The molecule has 0 radical (unpaired) electrons. The van der Waals surface area contributed by atoms with Gasteiger partial charge in [-0.05, 0) is 46.2 Å². The third-order valence-corrected chi connectivity index (χ3v) is 4.53. The van der Waals surface area contributed by atoms with E-state index in [-0.39, 0.29) is 6.09 Å². The molecule has 0 atom stereocenters. The van der Waals surface area contributed by atoms with Crippen molar-refractivity contribution in [1.29, 1.82) is 0 Å². The fraction of sp³-hybridized carbons (Fsp3) is 0.529. The lowest BCUT2D eigenvalue weighted by Gasteiger charge is -2.19. The fourth-order valence-electron chi connectivity index (χ4n) is 2.20. The van der Waals surface area contributed by atoms with Gasteiger partial charge in [0.25, 0.3) is 0 Å². The summed E-state index contributed by atoms with van der Waals surface area (Å²) in [5.41, 5.74) is 1.96. The van der Waals surface area contributed by atoms with Crippen LogP contribution in [-0.2, 0) is 17.7 Å². The van der Waals surface area contributed by atoms with Crippen molar-refractivity contribution in [3.8, 4) is 0 Å². The van der Waals surface area contributed by atoms with Crippen molar-refractivity contribution in [2.75, 3.05) is 6.54 Å². The first-order valence-corrected chi connectivity index (χ1v) is 8.58. The summed E-state index contributed by atoms with van der Waals surface area (Å²) in [6.45, 7) is 11.2. The summed E-state index contributed by atoms with van der Waals surface area (Å²) in [5.74, 6) is 0. The molecule has 23 heavy (non-hydrogen) atoms. The minimum atomic E-state index is -0.471. The molecular formula is C17H25N3O2S. The molecule has 2 rings (SSSR count).